The molecule has 0 aromatic heterocycles. The van der Waals surface area contributed by atoms with Crippen LogP contribution in [0.25, 0.3) is 0 Å². The second-order valence-corrected chi connectivity index (χ2v) is 9.86. The van der Waals surface area contributed by atoms with Crippen LogP contribution in [0.4, 0.5) is 16.2 Å². The number of fused-ring (bicyclic) bond motifs is 1. The molecule has 0 radical (unpaired) electrons. The van der Waals surface area contributed by atoms with E-state index in [1.165, 1.54) is 11.6 Å². The molecule has 5 rings (SSSR count). The second-order valence-electron chi connectivity index (χ2n) is 9.86. The minimum absolute atomic E-state index is 0.129. The molecule has 0 bridgehead atoms. The van der Waals surface area contributed by atoms with E-state index in [2.05, 4.69) is 45.9 Å². The molecule has 198 valence electrons. The number of piperidine rings is 1. The standard InChI is InChI=1S/C30H33N3O5/c1-2-22-15-24(8-9-25(22)29(34)35)31-30(36)32-26-17-28-27(37-19-38-28)16-23(26)18-33-12-10-21(11-13-33)14-20-6-4-3-5-7-20/h3-9,15-17,21H,2,10-14,18-19H2,1H3,(H,34,35)(H2,31,32,36)/p-1. The molecule has 0 saturated carbocycles. The zero-order valence-electron chi connectivity index (χ0n) is 21.5. The van der Waals surface area contributed by atoms with Crippen molar-refractivity contribution in [2.45, 2.75) is 39.2 Å². The predicted molar refractivity (Wildman–Crippen MR) is 144 cm³/mol. The first-order valence-electron chi connectivity index (χ1n) is 13.1. The van der Waals surface area contributed by atoms with Gasteiger partial charge in [0.05, 0.1) is 11.7 Å². The van der Waals surface area contributed by atoms with Crippen LogP contribution in [0.15, 0.2) is 60.7 Å². The van der Waals surface area contributed by atoms with Gasteiger partial charge < -0.3 is 30.0 Å². The Kier molecular flexibility index (Phi) is 7.79. The molecule has 2 heterocycles. The van der Waals surface area contributed by atoms with Gasteiger partial charge in [0, 0.05) is 23.9 Å². The van der Waals surface area contributed by atoms with Gasteiger partial charge in [-0.25, -0.2) is 4.79 Å². The molecule has 0 spiro atoms. The third-order valence-corrected chi connectivity index (χ3v) is 7.28. The Bertz CT molecular complexity index is 1300. The number of carboxylic acid groups (broad SMARTS) is 1. The van der Waals surface area contributed by atoms with Crippen LogP contribution in [0.5, 0.6) is 11.5 Å². The number of hydrogen-bond donors (Lipinski definition) is 2. The number of nitrogens with zero attached hydrogens (tertiary/aromatic N) is 1. The molecule has 1 saturated heterocycles. The highest BCUT2D eigenvalue weighted by atomic mass is 16.7. The summed E-state index contributed by atoms with van der Waals surface area (Å²) in [6.45, 7) is 4.67. The number of carbonyl (C=O) groups excluding carboxylic acids is 2. The molecule has 0 aliphatic carbocycles. The number of ether oxygens (including phenoxy) is 2. The van der Waals surface area contributed by atoms with Crippen LogP contribution in [0.2, 0.25) is 0 Å². The first-order chi connectivity index (χ1) is 18.5. The van der Waals surface area contributed by atoms with Crippen molar-refractivity contribution < 1.29 is 24.2 Å². The smallest absolute Gasteiger partial charge is 0.323 e. The number of urea groups is 1. The molecule has 2 aliphatic rings. The Morgan fingerprint density at radius 3 is 2.39 bits per heavy atom. The number of carbonyl (C=O) groups is 2. The zero-order chi connectivity index (χ0) is 26.5. The third-order valence-electron chi connectivity index (χ3n) is 7.28. The van der Waals surface area contributed by atoms with E-state index in [-0.39, 0.29) is 12.4 Å². The van der Waals surface area contributed by atoms with Gasteiger partial charge in [0.1, 0.15) is 0 Å². The van der Waals surface area contributed by atoms with Gasteiger partial charge in [0.25, 0.3) is 0 Å². The van der Waals surface area contributed by atoms with Crippen LogP contribution in [0.3, 0.4) is 0 Å². The number of likely N-dealkylation sites (tertiary alicyclic amines) is 1. The SMILES string of the molecule is CCc1cc(NC(=O)Nc2cc3c(cc2CN2CCC(Cc4ccccc4)CC2)OCO3)ccc1C(=O)[O-]. The largest absolute Gasteiger partial charge is 0.545 e. The average Bonchev–Trinajstić information content (AvgIpc) is 3.37. The average molecular weight is 515 g/mol. The molecule has 3 aromatic carbocycles. The molecule has 0 atom stereocenters. The number of nitrogens with one attached hydrogen (secondary N) is 2. The summed E-state index contributed by atoms with van der Waals surface area (Å²) >= 11 is 0. The lowest BCUT2D eigenvalue weighted by atomic mass is 9.90. The van der Waals surface area contributed by atoms with Crippen LogP contribution < -0.4 is 25.2 Å². The summed E-state index contributed by atoms with van der Waals surface area (Å²) in [5, 5.41) is 17.1. The van der Waals surface area contributed by atoms with Crippen molar-refractivity contribution in [3.63, 3.8) is 0 Å². The Morgan fingerprint density at radius 2 is 1.68 bits per heavy atom. The summed E-state index contributed by atoms with van der Waals surface area (Å²) in [5.41, 5.74) is 4.23. The molecule has 38 heavy (non-hydrogen) atoms. The number of aryl methyl sites for hydroxylation is 1. The summed E-state index contributed by atoms with van der Waals surface area (Å²) in [5.74, 6) is 0.713. The van der Waals surface area contributed by atoms with Gasteiger partial charge in [-0.1, -0.05) is 43.3 Å². The number of carboxylic acids is 1. The Morgan fingerprint density at radius 1 is 0.947 bits per heavy atom. The van der Waals surface area contributed by atoms with E-state index in [0.29, 0.717) is 47.3 Å². The van der Waals surface area contributed by atoms with Crippen molar-refractivity contribution >= 4 is 23.4 Å². The lowest BCUT2D eigenvalue weighted by molar-refractivity contribution is -0.255. The maximum Gasteiger partial charge on any atom is 0.323 e. The van der Waals surface area contributed by atoms with E-state index in [0.717, 1.165) is 37.9 Å². The number of benzene rings is 3. The molecule has 8 nitrogen and oxygen atoms in total. The molecule has 2 amide bonds. The lowest BCUT2D eigenvalue weighted by Gasteiger charge is -2.32. The van der Waals surface area contributed by atoms with Gasteiger partial charge in [0.2, 0.25) is 6.79 Å². The number of hydrogen-bond acceptors (Lipinski definition) is 6. The van der Waals surface area contributed by atoms with Gasteiger partial charge in [-0.2, -0.15) is 0 Å². The van der Waals surface area contributed by atoms with Crippen LogP contribution >= 0.6 is 0 Å². The van der Waals surface area contributed by atoms with Crippen molar-refractivity contribution in [2.75, 3.05) is 30.5 Å². The van der Waals surface area contributed by atoms with E-state index in [9.17, 15) is 14.7 Å². The van der Waals surface area contributed by atoms with Crippen LogP contribution in [0, 0.1) is 5.92 Å². The summed E-state index contributed by atoms with van der Waals surface area (Å²) in [6.07, 6.45) is 3.87. The minimum Gasteiger partial charge on any atom is -0.545 e. The van der Waals surface area contributed by atoms with Gasteiger partial charge in [0.15, 0.2) is 11.5 Å². The van der Waals surface area contributed by atoms with Gasteiger partial charge in [-0.3, -0.25) is 4.90 Å². The van der Waals surface area contributed by atoms with Gasteiger partial charge >= 0.3 is 6.03 Å². The van der Waals surface area contributed by atoms with Crippen molar-refractivity contribution in [3.8, 4) is 11.5 Å². The fourth-order valence-corrected chi connectivity index (χ4v) is 5.22. The number of amides is 2. The van der Waals surface area contributed by atoms with Crippen molar-refractivity contribution in [3.05, 3.63) is 82.9 Å². The molecule has 0 unspecified atom stereocenters. The molecule has 2 aliphatic heterocycles. The first kappa shape index (κ1) is 25.6. The van der Waals surface area contributed by atoms with Crippen molar-refractivity contribution in [2.24, 2.45) is 5.92 Å². The Balaban J connectivity index is 1.25. The summed E-state index contributed by atoms with van der Waals surface area (Å²) in [6, 6.07) is 18.6. The lowest BCUT2D eigenvalue weighted by Crippen LogP contribution is -2.34. The van der Waals surface area contributed by atoms with Gasteiger partial charge in [-0.15, -0.1) is 0 Å². The monoisotopic (exact) mass is 514 g/mol. The maximum atomic E-state index is 12.9. The minimum atomic E-state index is -1.23. The van der Waals surface area contributed by atoms with Crippen LogP contribution in [-0.4, -0.2) is 36.8 Å². The number of aromatic carboxylic acids is 1. The summed E-state index contributed by atoms with van der Waals surface area (Å²) < 4.78 is 11.2. The summed E-state index contributed by atoms with van der Waals surface area (Å²) in [4.78, 5) is 26.6. The first-order valence-corrected chi connectivity index (χ1v) is 13.1. The second kappa shape index (κ2) is 11.6. The number of anilines is 2. The Hall–Kier alpha value is -4.04. The highest BCUT2D eigenvalue weighted by molar-refractivity contribution is 6.01. The summed E-state index contributed by atoms with van der Waals surface area (Å²) in [7, 11) is 0. The molecule has 1 fully saturated rings. The van der Waals surface area contributed by atoms with Crippen molar-refractivity contribution in [1.29, 1.82) is 0 Å². The quantitative estimate of drug-likeness (QED) is 0.461. The van der Waals surface area contributed by atoms with Crippen molar-refractivity contribution in [1.82, 2.24) is 4.90 Å². The fraction of sp³-hybridized carbons (Fsp3) is 0.333. The van der Waals surface area contributed by atoms with Crippen LogP contribution in [-0.2, 0) is 19.4 Å². The Labute approximate surface area is 222 Å². The predicted octanol–water partition coefficient (Wildman–Crippen LogP) is 4.44. The maximum absolute atomic E-state index is 12.9. The molecule has 2 N–H and O–H groups in total. The molecule has 8 heteroatoms. The third kappa shape index (κ3) is 6.08. The van der Waals surface area contributed by atoms with E-state index in [1.54, 1.807) is 18.2 Å². The number of rotatable bonds is 8. The highest BCUT2D eigenvalue weighted by Gasteiger charge is 2.23. The normalized spacial score (nSPS) is 15.3. The fourth-order valence-electron chi connectivity index (χ4n) is 5.22. The molecule has 3 aromatic rings. The molecular formula is C30H32N3O5-. The van der Waals surface area contributed by atoms with Crippen LogP contribution in [0.1, 0.15) is 46.8 Å². The van der Waals surface area contributed by atoms with E-state index in [4.69, 9.17) is 9.47 Å². The van der Waals surface area contributed by atoms with E-state index in [1.807, 2.05) is 13.0 Å². The van der Waals surface area contributed by atoms with Gasteiger partial charge in [-0.05, 0) is 79.6 Å². The van der Waals surface area contributed by atoms with E-state index < -0.39 is 12.0 Å². The topological polar surface area (TPSA) is 103 Å². The zero-order valence-corrected chi connectivity index (χ0v) is 21.5. The van der Waals surface area contributed by atoms with E-state index >= 15 is 0 Å². The highest BCUT2D eigenvalue weighted by Crippen LogP contribution is 2.38. The molecular weight excluding hydrogens is 482 g/mol.